The molecule has 12 heteroatoms. The number of rotatable bonds is 5. The molecule has 29 heavy (non-hydrogen) atoms. The van der Waals surface area contributed by atoms with Crippen molar-refractivity contribution in [1.82, 2.24) is 0 Å². The van der Waals surface area contributed by atoms with E-state index < -0.39 is 23.4 Å². The van der Waals surface area contributed by atoms with Gasteiger partial charge in [-0.15, -0.1) is 11.3 Å². The SMILES string of the molecule is O=C(COC(=O)c1sc2cc(Cl)cc(Cl)c2c1Cl)Nc1ccc([N+](=O)[O-])cc1Cl. The molecule has 0 atom stereocenters. The van der Waals surface area contributed by atoms with Crippen molar-refractivity contribution in [2.75, 3.05) is 11.9 Å². The van der Waals surface area contributed by atoms with Gasteiger partial charge in [0.05, 0.1) is 25.7 Å². The minimum Gasteiger partial charge on any atom is -0.451 e. The fourth-order valence-electron chi connectivity index (χ4n) is 2.34. The maximum Gasteiger partial charge on any atom is 0.350 e. The predicted molar refractivity (Wildman–Crippen MR) is 114 cm³/mol. The van der Waals surface area contributed by atoms with E-state index in [-0.39, 0.29) is 26.3 Å². The fraction of sp³-hybridized carbons (Fsp3) is 0.0588. The second-order valence-electron chi connectivity index (χ2n) is 5.55. The van der Waals surface area contributed by atoms with E-state index in [1.54, 1.807) is 6.07 Å². The molecule has 1 N–H and O–H groups in total. The van der Waals surface area contributed by atoms with Crippen molar-refractivity contribution < 1.29 is 19.2 Å². The highest BCUT2D eigenvalue weighted by atomic mass is 35.5. The highest BCUT2D eigenvalue weighted by Gasteiger charge is 2.22. The highest BCUT2D eigenvalue weighted by Crippen LogP contribution is 2.41. The van der Waals surface area contributed by atoms with Crippen molar-refractivity contribution in [2.45, 2.75) is 0 Å². The van der Waals surface area contributed by atoms with Gasteiger partial charge in [0, 0.05) is 27.2 Å². The van der Waals surface area contributed by atoms with Crippen molar-refractivity contribution in [1.29, 1.82) is 0 Å². The number of carbonyl (C=O) groups is 2. The zero-order valence-corrected chi connectivity index (χ0v) is 17.8. The summed E-state index contributed by atoms with van der Waals surface area (Å²) in [5.41, 5.74) is -0.0859. The lowest BCUT2D eigenvalue weighted by molar-refractivity contribution is -0.384. The number of hydrogen-bond donors (Lipinski definition) is 1. The van der Waals surface area contributed by atoms with E-state index in [2.05, 4.69) is 5.32 Å². The van der Waals surface area contributed by atoms with Crippen LogP contribution in [0.2, 0.25) is 20.1 Å². The second kappa shape index (κ2) is 8.73. The molecule has 0 saturated heterocycles. The predicted octanol–water partition coefficient (Wildman–Crippen LogP) is 6.22. The summed E-state index contributed by atoms with van der Waals surface area (Å²) in [7, 11) is 0. The Bertz CT molecular complexity index is 1160. The van der Waals surface area contributed by atoms with Gasteiger partial charge < -0.3 is 10.1 Å². The smallest absolute Gasteiger partial charge is 0.350 e. The monoisotopic (exact) mass is 492 g/mol. The maximum atomic E-state index is 12.3. The first-order valence-corrected chi connectivity index (χ1v) is 9.98. The molecule has 0 bridgehead atoms. The molecular weight excluding hydrogens is 486 g/mol. The molecule has 3 aromatic rings. The van der Waals surface area contributed by atoms with Crippen LogP contribution in [0.5, 0.6) is 0 Å². The van der Waals surface area contributed by atoms with Gasteiger partial charge in [-0.2, -0.15) is 0 Å². The Morgan fingerprint density at radius 3 is 2.48 bits per heavy atom. The lowest BCUT2D eigenvalue weighted by atomic mass is 10.2. The largest absolute Gasteiger partial charge is 0.451 e. The van der Waals surface area contributed by atoms with Crippen LogP contribution in [-0.2, 0) is 9.53 Å². The molecule has 0 fully saturated rings. The van der Waals surface area contributed by atoms with Crippen LogP contribution in [0, 0.1) is 10.1 Å². The molecule has 3 rings (SSSR count). The minimum atomic E-state index is -0.812. The molecule has 1 amide bonds. The van der Waals surface area contributed by atoms with Crippen LogP contribution in [0.1, 0.15) is 9.67 Å². The number of esters is 1. The van der Waals surface area contributed by atoms with Gasteiger partial charge in [-0.3, -0.25) is 14.9 Å². The lowest BCUT2D eigenvalue weighted by Crippen LogP contribution is -2.20. The third-order valence-electron chi connectivity index (χ3n) is 3.61. The van der Waals surface area contributed by atoms with E-state index in [4.69, 9.17) is 51.1 Å². The molecule has 1 aromatic heterocycles. The number of hydrogen-bond acceptors (Lipinski definition) is 6. The van der Waals surface area contributed by atoms with Gasteiger partial charge in [-0.25, -0.2) is 4.79 Å². The van der Waals surface area contributed by atoms with Crippen LogP contribution in [0.25, 0.3) is 10.1 Å². The normalized spacial score (nSPS) is 10.8. The topological polar surface area (TPSA) is 98.5 Å². The summed E-state index contributed by atoms with van der Waals surface area (Å²) in [4.78, 5) is 34.5. The molecule has 0 saturated carbocycles. The van der Waals surface area contributed by atoms with E-state index in [9.17, 15) is 19.7 Å². The van der Waals surface area contributed by atoms with E-state index >= 15 is 0 Å². The average Bonchev–Trinajstić information content (AvgIpc) is 2.97. The molecule has 0 aliphatic rings. The Kier molecular flexibility index (Phi) is 6.50. The van der Waals surface area contributed by atoms with Gasteiger partial charge >= 0.3 is 5.97 Å². The first-order chi connectivity index (χ1) is 13.7. The van der Waals surface area contributed by atoms with Gasteiger partial charge in [0.1, 0.15) is 4.88 Å². The summed E-state index contributed by atoms with van der Waals surface area (Å²) >= 11 is 25.2. The summed E-state index contributed by atoms with van der Waals surface area (Å²) < 4.78 is 5.59. The number of thiophene rings is 1. The molecule has 0 unspecified atom stereocenters. The van der Waals surface area contributed by atoms with Gasteiger partial charge in [-0.05, 0) is 18.2 Å². The summed E-state index contributed by atoms with van der Waals surface area (Å²) in [6, 6.07) is 6.66. The van der Waals surface area contributed by atoms with E-state index in [0.29, 0.717) is 20.1 Å². The number of fused-ring (bicyclic) bond motifs is 1. The standard InChI is InChI=1S/C17H8Cl4N2O5S/c18-7-3-10(20)14-12(4-7)29-16(15(14)21)17(25)28-6-13(24)22-11-2-1-8(23(26)27)5-9(11)19/h1-5H,6H2,(H,22,24). The van der Waals surface area contributed by atoms with Crippen molar-refractivity contribution in [3.8, 4) is 0 Å². The third-order valence-corrected chi connectivity index (χ3v) is 6.04. The van der Waals surface area contributed by atoms with E-state index in [1.165, 1.54) is 18.2 Å². The molecule has 0 aliphatic heterocycles. The Hall–Kier alpha value is -2.10. The summed E-state index contributed by atoms with van der Waals surface area (Å²) in [5, 5.41) is 14.3. The van der Waals surface area contributed by atoms with Gasteiger partial charge in [0.25, 0.3) is 11.6 Å². The van der Waals surface area contributed by atoms with Gasteiger partial charge in [-0.1, -0.05) is 46.4 Å². The zero-order valence-electron chi connectivity index (χ0n) is 14.0. The maximum absolute atomic E-state index is 12.3. The molecule has 2 aromatic carbocycles. The number of nitrogens with zero attached hydrogens (tertiary/aromatic N) is 1. The molecule has 0 aliphatic carbocycles. The van der Waals surface area contributed by atoms with Crippen LogP contribution in [0.15, 0.2) is 30.3 Å². The molecular formula is C17H8Cl4N2O5S. The molecule has 1 heterocycles. The first-order valence-electron chi connectivity index (χ1n) is 7.65. The molecule has 150 valence electrons. The number of halogens is 4. The first kappa shape index (κ1) is 21.6. The number of nitrogens with one attached hydrogen (secondary N) is 1. The number of carbonyl (C=O) groups excluding carboxylic acids is 2. The van der Waals surface area contributed by atoms with Crippen molar-refractivity contribution >= 4 is 91.1 Å². The number of anilines is 1. The second-order valence-corrected chi connectivity index (χ2v) is 8.23. The summed E-state index contributed by atoms with van der Waals surface area (Å²) in [5.74, 6) is -1.50. The molecule has 0 spiro atoms. The van der Waals surface area contributed by atoms with Crippen LogP contribution < -0.4 is 5.32 Å². The quantitative estimate of drug-likeness (QED) is 0.258. The minimum absolute atomic E-state index is 0.0297. The molecule has 0 radical (unpaired) electrons. The van der Waals surface area contributed by atoms with Crippen LogP contribution >= 0.6 is 57.7 Å². The Labute approximate surface area is 187 Å². The number of nitro benzene ring substituents is 1. The van der Waals surface area contributed by atoms with Crippen LogP contribution in [0.4, 0.5) is 11.4 Å². The Balaban J connectivity index is 1.69. The number of amides is 1. The van der Waals surface area contributed by atoms with Gasteiger partial charge in [0.2, 0.25) is 0 Å². The van der Waals surface area contributed by atoms with Crippen LogP contribution in [0.3, 0.4) is 0 Å². The number of non-ortho nitro benzene ring substituents is 1. The average molecular weight is 494 g/mol. The van der Waals surface area contributed by atoms with E-state index in [1.807, 2.05) is 0 Å². The third kappa shape index (κ3) is 4.73. The number of ether oxygens (including phenoxy) is 1. The summed E-state index contributed by atoms with van der Waals surface area (Å²) in [6.45, 7) is -0.620. The molecule has 7 nitrogen and oxygen atoms in total. The highest BCUT2D eigenvalue weighted by molar-refractivity contribution is 7.21. The van der Waals surface area contributed by atoms with E-state index in [0.717, 1.165) is 17.4 Å². The zero-order chi connectivity index (χ0) is 21.3. The lowest BCUT2D eigenvalue weighted by Gasteiger charge is -2.07. The fourth-order valence-corrected chi connectivity index (χ4v) is 4.83. The van der Waals surface area contributed by atoms with Gasteiger partial charge in [0.15, 0.2) is 6.61 Å². The van der Waals surface area contributed by atoms with Crippen molar-refractivity contribution in [2.24, 2.45) is 0 Å². The van der Waals surface area contributed by atoms with Crippen molar-refractivity contribution in [3.05, 3.63) is 65.4 Å². The Morgan fingerprint density at radius 1 is 1.10 bits per heavy atom. The number of nitro groups is 1. The Morgan fingerprint density at radius 2 is 1.83 bits per heavy atom. The van der Waals surface area contributed by atoms with Crippen LogP contribution in [-0.4, -0.2) is 23.4 Å². The summed E-state index contributed by atoms with van der Waals surface area (Å²) in [6.07, 6.45) is 0. The van der Waals surface area contributed by atoms with Crippen molar-refractivity contribution in [3.63, 3.8) is 0 Å². The number of benzene rings is 2.